The number of aryl methyl sites for hydroxylation is 1. The van der Waals surface area contributed by atoms with Gasteiger partial charge in [-0.2, -0.15) is 9.40 Å². The first kappa shape index (κ1) is 18.9. The number of sulfonamides is 1. The van der Waals surface area contributed by atoms with Crippen molar-refractivity contribution in [2.45, 2.75) is 64.9 Å². The molecule has 0 bridgehead atoms. The Balaban J connectivity index is 1.79. The first-order valence-corrected chi connectivity index (χ1v) is 11.0. The third-order valence-corrected chi connectivity index (χ3v) is 8.02. The van der Waals surface area contributed by atoms with Crippen LogP contribution in [0.25, 0.3) is 0 Å². The van der Waals surface area contributed by atoms with Crippen molar-refractivity contribution in [2.75, 3.05) is 26.2 Å². The van der Waals surface area contributed by atoms with E-state index in [4.69, 9.17) is 0 Å². The normalized spacial score (nSPS) is 22.6. The minimum Gasteiger partial charge on any atom is -0.284 e. The fraction of sp³-hybridized carbons (Fsp3) is 0.833. The van der Waals surface area contributed by atoms with Gasteiger partial charge in [-0.3, -0.25) is 9.58 Å². The van der Waals surface area contributed by atoms with E-state index < -0.39 is 10.0 Å². The van der Waals surface area contributed by atoms with Gasteiger partial charge >= 0.3 is 0 Å². The molecule has 25 heavy (non-hydrogen) atoms. The molecule has 2 fully saturated rings. The highest BCUT2D eigenvalue weighted by atomic mass is 32.2. The van der Waals surface area contributed by atoms with Crippen molar-refractivity contribution >= 4 is 10.0 Å². The van der Waals surface area contributed by atoms with Gasteiger partial charge in [-0.15, -0.1) is 0 Å². The van der Waals surface area contributed by atoms with Crippen LogP contribution in [0.4, 0.5) is 0 Å². The Kier molecular flexibility index (Phi) is 5.56. The van der Waals surface area contributed by atoms with Gasteiger partial charge in [0, 0.05) is 26.2 Å². The lowest BCUT2D eigenvalue weighted by Gasteiger charge is -2.30. The van der Waals surface area contributed by atoms with Crippen molar-refractivity contribution in [3.05, 3.63) is 11.4 Å². The van der Waals surface area contributed by atoms with Gasteiger partial charge < -0.3 is 0 Å². The van der Waals surface area contributed by atoms with Crippen LogP contribution in [0.3, 0.4) is 0 Å². The van der Waals surface area contributed by atoms with E-state index in [0.29, 0.717) is 36.3 Å². The van der Waals surface area contributed by atoms with Crippen molar-refractivity contribution in [3.63, 3.8) is 0 Å². The molecular weight excluding hydrogens is 336 g/mol. The maximum absolute atomic E-state index is 13.1. The standard InChI is InChI=1S/C18H32N4O2S/c1-14-5-9-20(10-6-14)13-22-17(4)18(16(3)19-22)25(23,24)21-11-7-15(2)8-12-21/h14-15H,5-13H2,1-4H3. The van der Waals surface area contributed by atoms with Crippen LogP contribution in [0.15, 0.2) is 4.90 Å². The van der Waals surface area contributed by atoms with E-state index in [1.807, 2.05) is 18.5 Å². The molecule has 0 atom stereocenters. The molecule has 1 aromatic rings. The molecule has 142 valence electrons. The Bertz CT molecular complexity index is 697. The number of piperidine rings is 2. The van der Waals surface area contributed by atoms with Gasteiger partial charge in [0.05, 0.1) is 18.1 Å². The Morgan fingerprint density at radius 1 is 0.960 bits per heavy atom. The molecule has 6 nitrogen and oxygen atoms in total. The molecule has 7 heteroatoms. The monoisotopic (exact) mass is 368 g/mol. The number of nitrogens with zero attached hydrogens (tertiary/aromatic N) is 4. The molecular formula is C18H32N4O2S. The molecule has 0 amide bonds. The Labute approximate surface area is 152 Å². The highest BCUT2D eigenvalue weighted by Gasteiger charge is 2.33. The maximum Gasteiger partial charge on any atom is 0.246 e. The Morgan fingerprint density at radius 3 is 2.04 bits per heavy atom. The molecule has 2 saturated heterocycles. The van der Waals surface area contributed by atoms with Crippen molar-refractivity contribution in [3.8, 4) is 0 Å². The van der Waals surface area contributed by atoms with Gasteiger partial charge in [-0.1, -0.05) is 13.8 Å². The summed E-state index contributed by atoms with van der Waals surface area (Å²) in [7, 11) is -3.44. The molecule has 0 unspecified atom stereocenters. The number of hydrogen-bond donors (Lipinski definition) is 0. The number of rotatable bonds is 4. The highest BCUT2D eigenvalue weighted by molar-refractivity contribution is 7.89. The summed E-state index contributed by atoms with van der Waals surface area (Å²) in [6.07, 6.45) is 4.29. The number of aromatic nitrogens is 2. The summed E-state index contributed by atoms with van der Waals surface area (Å²) in [5, 5.41) is 4.57. The largest absolute Gasteiger partial charge is 0.284 e. The first-order valence-electron chi connectivity index (χ1n) is 9.55. The Morgan fingerprint density at radius 2 is 1.48 bits per heavy atom. The molecule has 2 aliphatic rings. The second-order valence-corrected chi connectivity index (χ2v) is 9.90. The molecule has 2 aliphatic heterocycles. The fourth-order valence-corrected chi connectivity index (χ4v) is 5.78. The smallest absolute Gasteiger partial charge is 0.246 e. The predicted molar refractivity (Wildman–Crippen MR) is 98.8 cm³/mol. The summed E-state index contributed by atoms with van der Waals surface area (Å²) in [6.45, 7) is 12.3. The van der Waals surface area contributed by atoms with Crippen molar-refractivity contribution in [1.29, 1.82) is 0 Å². The van der Waals surface area contributed by atoms with Gasteiger partial charge in [0.25, 0.3) is 0 Å². The van der Waals surface area contributed by atoms with Crippen LogP contribution in [0.1, 0.15) is 50.9 Å². The molecule has 0 N–H and O–H groups in total. The van der Waals surface area contributed by atoms with Gasteiger partial charge in [0.1, 0.15) is 4.90 Å². The molecule has 1 aromatic heterocycles. The first-order chi connectivity index (χ1) is 11.8. The third-order valence-electron chi connectivity index (χ3n) is 5.87. The fourth-order valence-electron chi connectivity index (χ4n) is 3.94. The average Bonchev–Trinajstić information content (AvgIpc) is 2.84. The number of likely N-dealkylation sites (tertiary alicyclic amines) is 1. The number of hydrogen-bond acceptors (Lipinski definition) is 4. The van der Waals surface area contributed by atoms with Gasteiger partial charge in [0.15, 0.2) is 0 Å². The maximum atomic E-state index is 13.1. The van der Waals surface area contributed by atoms with E-state index >= 15 is 0 Å². The van der Waals surface area contributed by atoms with Crippen LogP contribution in [-0.2, 0) is 16.7 Å². The van der Waals surface area contributed by atoms with Crippen LogP contribution >= 0.6 is 0 Å². The zero-order valence-electron chi connectivity index (χ0n) is 16.0. The summed E-state index contributed by atoms with van der Waals surface area (Å²) < 4.78 is 29.8. The summed E-state index contributed by atoms with van der Waals surface area (Å²) in [5.41, 5.74) is 1.40. The average molecular weight is 369 g/mol. The minimum absolute atomic E-state index is 0.424. The van der Waals surface area contributed by atoms with E-state index in [1.165, 1.54) is 12.8 Å². The lowest BCUT2D eigenvalue weighted by Crippen LogP contribution is -2.38. The van der Waals surface area contributed by atoms with E-state index in [1.54, 1.807) is 4.31 Å². The van der Waals surface area contributed by atoms with Gasteiger partial charge in [-0.05, 0) is 51.4 Å². The van der Waals surface area contributed by atoms with Crippen LogP contribution < -0.4 is 0 Å². The second kappa shape index (κ2) is 7.37. The molecule has 0 aromatic carbocycles. The summed E-state index contributed by atoms with van der Waals surface area (Å²) in [6, 6.07) is 0. The summed E-state index contributed by atoms with van der Waals surface area (Å²) >= 11 is 0. The van der Waals surface area contributed by atoms with Gasteiger partial charge in [-0.25, -0.2) is 8.42 Å². The van der Waals surface area contributed by atoms with E-state index in [9.17, 15) is 8.42 Å². The third kappa shape index (κ3) is 3.93. The van der Waals surface area contributed by atoms with Crippen LogP contribution in [0, 0.1) is 25.7 Å². The van der Waals surface area contributed by atoms with Crippen molar-refractivity contribution in [1.82, 2.24) is 19.0 Å². The van der Waals surface area contributed by atoms with Crippen molar-refractivity contribution in [2.24, 2.45) is 11.8 Å². The highest BCUT2D eigenvalue weighted by Crippen LogP contribution is 2.28. The summed E-state index contributed by atoms with van der Waals surface area (Å²) in [5.74, 6) is 1.40. The predicted octanol–water partition coefficient (Wildman–Crippen LogP) is 2.61. The van der Waals surface area contributed by atoms with E-state index in [2.05, 4.69) is 23.8 Å². The molecule has 3 rings (SSSR count). The molecule has 3 heterocycles. The molecule has 0 spiro atoms. The molecule has 0 aliphatic carbocycles. The topological polar surface area (TPSA) is 58.4 Å². The van der Waals surface area contributed by atoms with Crippen LogP contribution in [-0.4, -0.2) is 53.6 Å². The van der Waals surface area contributed by atoms with E-state index in [0.717, 1.165) is 37.5 Å². The van der Waals surface area contributed by atoms with Crippen LogP contribution in [0.2, 0.25) is 0 Å². The SMILES string of the molecule is Cc1nn(CN2CCC(C)CC2)c(C)c1S(=O)(=O)N1CCC(C)CC1. The van der Waals surface area contributed by atoms with Crippen molar-refractivity contribution < 1.29 is 8.42 Å². The second-order valence-electron chi connectivity index (χ2n) is 8.03. The Hall–Kier alpha value is -0.920. The lowest BCUT2D eigenvalue weighted by atomic mass is 10.00. The van der Waals surface area contributed by atoms with Gasteiger partial charge in [0.2, 0.25) is 10.0 Å². The van der Waals surface area contributed by atoms with E-state index in [-0.39, 0.29) is 0 Å². The molecule has 0 saturated carbocycles. The lowest BCUT2D eigenvalue weighted by molar-refractivity contribution is 0.145. The molecule has 0 radical (unpaired) electrons. The zero-order valence-corrected chi connectivity index (χ0v) is 16.8. The minimum atomic E-state index is -3.44. The quantitative estimate of drug-likeness (QED) is 0.820. The van der Waals surface area contributed by atoms with Crippen LogP contribution in [0.5, 0.6) is 0 Å². The summed E-state index contributed by atoms with van der Waals surface area (Å²) in [4.78, 5) is 2.80. The zero-order chi connectivity index (χ0) is 18.2.